The summed E-state index contributed by atoms with van der Waals surface area (Å²) in [5, 5.41) is 6.11. The van der Waals surface area contributed by atoms with Crippen LogP contribution in [-0.2, 0) is 15.9 Å². The maximum absolute atomic E-state index is 12.4. The van der Waals surface area contributed by atoms with Crippen LogP contribution in [0, 0.1) is 0 Å². The van der Waals surface area contributed by atoms with E-state index in [-0.39, 0.29) is 12.5 Å². The van der Waals surface area contributed by atoms with Gasteiger partial charge in [0.25, 0.3) is 0 Å². The summed E-state index contributed by atoms with van der Waals surface area (Å²) in [6, 6.07) is 9.38. The molecule has 36 heavy (non-hydrogen) atoms. The Balaban J connectivity index is 2.11. The number of rotatable bonds is 23. The van der Waals surface area contributed by atoms with Crippen LogP contribution in [0.4, 0.5) is 0 Å². The summed E-state index contributed by atoms with van der Waals surface area (Å²) in [6.07, 6.45) is 20.8. The summed E-state index contributed by atoms with van der Waals surface area (Å²) in [4.78, 5) is 39.8. The van der Waals surface area contributed by atoms with Crippen LogP contribution < -0.4 is 10.6 Å². The first kappa shape index (κ1) is 32.7. The van der Waals surface area contributed by atoms with Crippen molar-refractivity contribution < 1.29 is 24.0 Å². The van der Waals surface area contributed by atoms with Gasteiger partial charge in [0.15, 0.2) is 0 Å². The fraction of sp³-hybridized carbons (Fsp3) is 0.679. The molecule has 0 fully saturated rings. The molecule has 1 atom stereocenters. The number of hydrogen-bond donors (Lipinski definition) is 5. The van der Waals surface area contributed by atoms with Crippen molar-refractivity contribution in [1.29, 1.82) is 0 Å². The number of amides is 1. The van der Waals surface area contributed by atoms with E-state index >= 15 is 0 Å². The van der Waals surface area contributed by atoms with Gasteiger partial charge < -0.3 is 0 Å². The monoisotopic (exact) mass is 526 g/mol. The Morgan fingerprint density at radius 1 is 0.889 bits per heavy atom. The molecule has 208 valence electrons. The number of nitrogens with one attached hydrogen (secondary N) is 2. The molecule has 0 aliphatic rings. The van der Waals surface area contributed by atoms with Gasteiger partial charge in [-0.25, -0.2) is 0 Å². The van der Waals surface area contributed by atoms with Gasteiger partial charge in [-0.05, 0) is 12.8 Å². The average Bonchev–Trinajstić information content (AvgIpc) is 2.85. The van der Waals surface area contributed by atoms with Crippen LogP contribution in [-0.4, -0.2) is 39.8 Å². The molecular weight excluding hydrogens is 475 g/mol. The maximum atomic E-state index is 12.4. The molecule has 1 aromatic carbocycles. The van der Waals surface area contributed by atoms with Gasteiger partial charge in [-0.3, -0.25) is 0 Å². The van der Waals surface area contributed by atoms with Gasteiger partial charge in [0.2, 0.25) is 0 Å². The van der Waals surface area contributed by atoms with Gasteiger partial charge in [-0.1, -0.05) is 51.2 Å². The van der Waals surface area contributed by atoms with Gasteiger partial charge >= 0.3 is 155 Å². The molecule has 7 nitrogen and oxygen atoms in total. The van der Waals surface area contributed by atoms with E-state index < -0.39 is 14.2 Å². The molecule has 5 N–H and O–H groups in total. The molecule has 1 amide bonds. The van der Waals surface area contributed by atoms with Crippen molar-refractivity contribution in [2.24, 2.45) is 0 Å². The third-order valence-electron chi connectivity index (χ3n) is 6.07. The summed E-state index contributed by atoms with van der Waals surface area (Å²) in [6.45, 7) is 3.08. The summed E-state index contributed by atoms with van der Waals surface area (Å²) >= 11 is 0. The molecule has 0 aliphatic carbocycles. The van der Waals surface area contributed by atoms with Gasteiger partial charge in [-0.2, -0.15) is 0 Å². The first-order chi connectivity index (χ1) is 17.4. The van der Waals surface area contributed by atoms with E-state index in [1.165, 1.54) is 57.8 Å². The molecule has 1 rings (SSSR count). The second-order valence-corrected chi connectivity index (χ2v) is 11.0. The van der Waals surface area contributed by atoms with Crippen LogP contribution in [0.25, 0.3) is 0 Å². The van der Waals surface area contributed by atoms with Crippen LogP contribution in [0.1, 0.15) is 102 Å². The molecule has 0 spiro atoms. The molecule has 0 aromatic heterocycles. The molecule has 1 aromatic rings. The van der Waals surface area contributed by atoms with Crippen molar-refractivity contribution in [2.75, 3.05) is 13.2 Å². The van der Waals surface area contributed by atoms with E-state index in [9.17, 15) is 4.79 Å². The van der Waals surface area contributed by atoms with Crippen molar-refractivity contribution in [3.63, 3.8) is 0 Å². The number of allylic oxidation sites excluding steroid dienone is 2. The van der Waals surface area contributed by atoms with Gasteiger partial charge in [-0.15, -0.1) is 0 Å². The number of hydrogen-bond acceptors (Lipinski definition) is 6. The van der Waals surface area contributed by atoms with E-state index in [0.717, 1.165) is 31.2 Å². The summed E-state index contributed by atoms with van der Waals surface area (Å²) in [5.41, 5.74) is 1.10. The third-order valence-corrected chi connectivity index (χ3v) is 6.63. The number of unbranched alkanes of at least 4 members (excludes halogenated alkanes) is 11. The second kappa shape index (κ2) is 21.7. The van der Waals surface area contributed by atoms with E-state index in [4.69, 9.17) is 19.2 Å². The number of carbonyl (C=O) groups excluding carboxylic acids is 1. The van der Waals surface area contributed by atoms with Crippen molar-refractivity contribution in [1.82, 2.24) is 10.6 Å². The minimum absolute atomic E-state index is 0.0937. The average molecular weight is 527 g/mol. The molecule has 0 radical (unpaired) electrons. The molecule has 0 saturated carbocycles. The number of carbonyl (C=O) groups is 1. The fourth-order valence-corrected chi connectivity index (χ4v) is 4.43. The first-order valence-electron chi connectivity index (χ1n) is 13.9. The Kier molecular flexibility index (Phi) is 19.7. The second-order valence-electron chi connectivity index (χ2n) is 9.60. The zero-order valence-electron chi connectivity index (χ0n) is 22.3. The van der Waals surface area contributed by atoms with Crippen LogP contribution in [0.15, 0.2) is 42.5 Å². The Bertz CT molecular complexity index is 682. The zero-order valence-corrected chi connectivity index (χ0v) is 23.3. The van der Waals surface area contributed by atoms with Crippen molar-refractivity contribution in [3.8, 4) is 0 Å². The zero-order chi connectivity index (χ0) is 26.3. The Morgan fingerprint density at radius 2 is 1.47 bits per heavy atom. The molecule has 0 bridgehead atoms. The van der Waals surface area contributed by atoms with Crippen LogP contribution in [0.5, 0.6) is 0 Å². The normalized spacial score (nSPS) is 13.2. The predicted octanol–water partition coefficient (Wildman–Crippen LogP) is 5.70. The van der Waals surface area contributed by atoms with Crippen LogP contribution >= 0.6 is 8.17 Å². The number of benzene rings is 1. The van der Waals surface area contributed by atoms with E-state index in [2.05, 4.69) is 29.7 Å². The van der Waals surface area contributed by atoms with Crippen molar-refractivity contribution in [3.05, 3.63) is 48.0 Å². The van der Waals surface area contributed by atoms with Crippen LogP contribution in [0.2, 0.25) is 0 Å². The van der Waals surface area contributed by atoms with Crippen LogP contribution in [0.3, 0.4) is 0 Å². The van der Waals surface area contributed by atoms with Gasteiger partial charge in [0.05, 0.1) is 0 Å². The molecule has 0 aliphatic heterocycles. The van der Waals surface area contributed by atoms with E-state index in [0.29, 0.717) is 19.5 Å². The molecule has 0 heterocycles. The quantitative estimate of drug-likeness (QED) is 0.0710. The topological polar surface area (TPSA) is 111 Å². The molecule has 8 heteroatoms. The van der Waals surface area contributed by atoms with E-state index in [1.807, 2.05) is 30.3 Å². The van der Waals surface area contributed by atoms with Gasteiger partial charge in [0.1, 0.15) is 0 Å². The third kappa shape index (κ3) is 20.8. The van der Waals surface area contributed by atoms with Crippen molar-refractivity contribution >= 4 is 14.1 Å². The minimum atomic E-state index is -4.62. The standard InChI is InChI=1S/C28H51N2O5P/c1-2-3-4-5-6-7-8-9-10-11-12-13-14-15-19-22-28(31)30-27(25-35-36(32,33)34)24-29-23-26-20-17-16-18-21-26/h9-10,16-18,20-21,27,29,32-34,36H,2-8,11-15,19,22-25H2,1H3,(H,30,31)/b10-9-/t27-/m0/s1. The molecule has 0 saturated heterocycles. The van der Waals surface area contributed by atoms with Gasteiger partial charge in [0, 0.05) is 0 Å². The Hall–Kier alpha value is -1.34. The summed E-state index contributed by atoms with van der Waals surface area (Å²) in [5.74, 6) is -0.0937. The first-order valence-corrected chi connectivity index (χ1v) is 15.7. The Morgan fingerprint density at radius 3 is 2.08 bits per heavy atom. The fourth-order valence-electron chi connectivity index (χ4n) is 4.01. The molecule has 0 unspecified atom stereocenters. The summed E-state index contributed by atoms with van der Waals surface area (Å²) in [7, 11) is -4.62. The Labute approximate surface area is 219 Å². The molecular formula is C28H51N2O5P. The SMILES string of the molecule is CCCCCCCC/C=C\CCCCCCCC(=O)N[C@@H](CNCc1ccccc1)CO[PH](O)(O)O. The van der Waals surface area contributed by atoms with E-state index in [1.54, 1.807) is 0 Å². The predicted molar refractivity (Wildman–Crippen MR) is 150 cm³/mol. The van der Waals surface area contributed by atoms with Crippen molar-refractivity contribution in [2.45, 2.75) is 109 Å². The summed E-state index contributed by atoms with van der Waals surface area (Å²) < 4.78 is 4.77.